The zero-order valence-electron chi connectivity index (χ0n) is 17.2. The van der Waals surface area contributed by atoms with E-state index in [1.54, 1.807) is 31.4 Å². The van der Waals surface area contributed by atoms with Crippen LogP contribution in [0.25, 0.3) is 0 Å². The zero-order valence-corrected chi connectivity index (χ0v) is 17.2. The van der Waals surface area contributed by atoms with Gasteiger partial charge in [0, 0.05) is 30.0 Å². The van der Waals surface area contributed by atoms with Crippen LogP contribution in [-0.2, 0) is 11.3 Å². The van der Waals surface area contributed by atoms with Crippen LogP contribution in [0, 0.1) is 11.3 Å². The average Bonchev–Trinajstić information content (AvgIpc) is 3.53. The lowest BCUT2D eigenvalue weighted by atomic mass is 9.89. The van der Waals surface area contributed by atoms with Crippen LogP contribution in [0.3, 0.4) is 0 Å². The van der Waals surface area contributed by atoms with Crippen LogP contribution >= 0.6 is 0 Å². The summed E-state index contributed by atoms with van der Waals surface area (Å²) in [6.45, 7) is 5.27. The topological polar surface area (TPSA) is 55.8 Å². The molecule has 2 aromatic carbocycles. The van der Waals surface area contributed by atoms with E-state index in [1.807, 2.05) is 29.2 Å². The number of amides is 1. The third-order valence-corrected chi connectivity index (χ3v) is 5.72. The molecule has 0 N–H and O–H groups in total. The van der Waals surface area contributed by atoms with E-state index in [-0.39, 0.29) is 23.0 Å². The first kappa shape index (κ1) is 19.5. The highest BCUT2D eigenvalue weighted by atomic mass is 16.5. The highest BCUT2D eigenvalue weighted by Gasteiger charge is 2.48. The van der Waals surface area contributed by atoms with E-state index in [9.17, 15) is 9.59 Å². The van der Waals surface area contributed by atoms with Crippen LogP contribution in [0.4, 0.5) is 0 Å². The van der Waals surface area contributed by atoms with Crippen LogP contribution < -0.4 is 9.47 Å². The molecule has 29 heavy (non-hydrogen) atoms. The van der Waals surface area contributed by atoms with Crippen LogP contribution in [0.2, 0.25) is 0 Å². The fourth-order valence-corrected chi connectivity index (χ4v) is 3.86. The number of methoxy groups -OCH3 is 1. The van der Waals surface area contributed by atoms with Gasteiger partial charge in [-0.1, -0.05) is 26.0 Å². The van der Waals surface area contributed by atoms with Crippen molar-refractivity contribution in [2.45, 2.75) is 39.3 Å². The van der Waals surface area contributed by atoms with Crippen LogP contribution in [0.1, 0.15) is 42.6 Å². The molecule has 5 nitrogen and oxygen atoms in total. The summed E-state index contributed by atoms with van der Waals surface area (Å²) in [5, 5.41) is 0. The molecule has 1 amide bonds. The van der Waals surface area contributed by atoms with Crippen molar-refractivity contribution in [3.63, 3.8) is 0 Å². The Kier molecular flexibility index (Phi) is 5.07. The molecule has 0 spiro atoms. The Morgan fingerprint density at radius 2 is 1.66 bits per heavy atom. The van der Waals surface area contributed by atoms with Crippen molar-refractivity contribution in [3.05, 3.63) is 59.7 Å². The van der Waals surface area contributed by atoms with Crippen molar-refractivity contribution in [1.29, 1.82) is 0 Å². The number of ketones is 1. The lowest BCUT2D eigenvalue weighted by Crippen LogP contribution is -2.36. The van der Waals surface area contributed by atoms with Gasteiger partial charge in [0.15, 0.2) is 11.9 Å². The van der Waals surface area contributed by atoms with Crippen molar-refractivity contribution >= 4 is 11.7 Å². The maximum atomic E-state index is 13.0. The summed E-state index contributed by atoms with van der Waals surface area (Å²) in [6, 6.07) is 15.0. The minimum Gasteiger partial charge on any atom is -0.497 e. The number of ether oxygens (including phenoxy) is 2. The SMILES string of the molecule is COc1ccc(CN2CC(C)(C)C(Oc3ccc(C(=O)C4CC4)cc3)C2=O)cc1. The Morgan fingerprint density at radius 3 is 2.24 bits per heavy atom. The van der Waals surface area contributed by atoms with E-state index >= 15 is 0 Å². The van der Waals surface area contributed by atoms with Gasteiger partial charge in [0.25, 0.3) is 5.91 Å². The van der Waals surface area contributed by atoms with E-state index in [4.69, 9.17) is 9.47 Å². The quantitative estimate of drug-likeness (QED) is 0.665. The van der Waals surface area contributed by atoms with Gasteiger partial charge in [0.2, 0.25) is 0 Å². The number of carbonyl (C=O) groups is 2. The van der Waals surface area contributed by atoms with Gasteiger partial charge in [0.1, 0.15) is 11.5 Å². The lowest BCUT2D eigenvalue weighted by molar-refractivity contribution is -0.134. The molecule has 2 aliphatic rings. The first-order chi connectivity index (χ1) is 13.9. The van der Waals surface area contributed by atoms with Crippen molar-refractivity contribution < 1.29 is 19.1 Å². The predicted molar refractivity (Wildman–Crippen MR) is 110 cm³/mol. The molecular formula is C24H27NO4. The first-order valence-corrected chi connectivity index (χ1v) is 10.1. The molecule has 1 heterocycles. The van der Waals surface area contributed by atoms with Crippen LogP contribution in [0.15, 0.2) is 48.5 Å². The summed E-state index contributed by atoms with van der Waals surface area (Å²) in [7, 11) is 1.64. The summed E-state index contributed by atoms with van der Waals surface area (Å²) in [5.41, 5.74) is 1.46. The second-order valence-electron chi connectivity index (χ2n) is 8.69. The molecular weight excluding hydrogens is 366 g/mol. The Morgan fingerprint density at radius 1 is 1.03 bits per heavy atom. The second-order valence-corrected chi connectivity index (χ2v) is 8.69. The summed E-state index contributed by atoms with van der Waals surface area (Å²) in [4.78, 5) is 27.1. The molecule has 1 aliphatic carbocycles. The standard InChI is InChI=1S/C24H27NO4/c1-24(2)15-25(14-16-4-10-19(28-3)11-5-16)23(27)22(24)29-20-12-8-18(9-13-20)21(26)17-6-7-17/h4-5,8-13,17,22H,6-7,14-15H2,1-3H3. The molecule has 1 saturated carbocycles. The number of hydrogen-bond acceptors (Lipinski definition) is 4. The molecule has 0 aromatic heterocycles. The minimum absolute atomic E-state index is 0.0102. The molecule has 1 saturated heterocycles. The van der Waals surface area contributed by atoms with Crippen molar-refractivity contribution in [2.24, 2.45) is 11.3 Å². The van der Waals surface area contributed by atoms with Gasteiger partial charge in [-0.25, -0.2) is 0 Å². The summed E-state index contributed by atoms with van der Waals surface area (Å²) in [6.07, 6.45) is 1.43. The van der Waals surface area contributed by atoms with Crippen LogP contribution in [0.5, 0.6) is 11.5 Å². The smallest absolute Gasteiger partial charge is 0.264 e. The van der Waals surface area contributed by atoms with Crippen molar-refractivity contribution in [2.75, 3.05) is 13.7 Å². The van der Waals surface area contributed by atoms with Gasteiger partial charge in [-0.15, -0.1) is 0 Å². The van der Waals surface area contributed by atoms with Gasteiger partial charge in [-0.2, -0.15) is 0 Å². The Bertz CT molecular complexity index is 897. The zero-order chi connectivity index (χ0) is 20.6. The van der Waals surface area contributed by atoms with E-state index in [2.05, 4.69) is 13.8 Å². The van der Waals surface area contributed by atoms with Gasteiger partial charge in [-0.3, -0.25) is 9.59 Å². The third kappa shape index (κ3) is 4.14. The predicted octanol–water partition coefficient (Wildman–Crippen LogP) is 4.10. The molecule has 1 aliphatic heterocycles. The van der Waals surface area contributed by atoms with Gasteiger partial charge in [-0.05, 0) is 54.8 Å². The lowest BCUT2D eigenvalue weighted by Gasteiger charge is -2.24. The van der Waals surface area contributed by atoms with E-state index in [1.165, 1.54) is 0 Å². The van der Waals surface area contributed by atoms with E-state index < -0.39 is 6.10 Å². The second kappa shape index (κ2) is 7.54. The fourth-order valence-electron chi connectivity index (χ4n) is 3.86. The number of rotatable bonds is 7. The number of likely N-dealkylation sites (tertiary alicyclic amines) is 1. The van der Waals surface area contributed by atoms with Crippen molar-refractivity contribution in [1.82, 2.24) is 4.90 Å². The first-order valence-electron chi connectivity index (χ1n) is 10.1. The number of carbonyl (C=O) groups excluding carboxylic acids is 2. The van der Waals surface area contributed by atoms with E-state index in [0.29, 0.717) is 18.8 Å². The molecule has 2 fully saturated rings. The van der Waals surface area contributed by atoms with Crippen molar-refractivity contribution in [3.8, 4) is 11.5 Å². The highest BCUT2D eigenvalue weighted by molar-refractivity contribution is 5.99. The average molecular weight is 393 g/mol. The Labute approximate surface area is 171 Å². The normalized spacial score (nSPS) is 20.6. The molecule has 1 unspecified atom stereocenters. The fraction of sp³-hybridized carbons (Fsp3) is 0.417. The molecule has 0 bridgehead atoms. The number of benzene rings is 2. The molecule has 1 atom stereocenters. The molecule has 0 radical (unpaired) electrons. The maximum absolute atomic E-state index is 13.0. The van der Waals surface area contributed by atoms with Gasteiger partial charge >= 0.3 is 0 Å². The Balaban J connectivity index is 1.44. The summed E-state index contributed by atoms with van der Waals surface area (Å²) in [5.74, 6) is 1.81. The van der Waals surface area contributed by atoms with Gasteiger partial charge < -0.3 is 14.4 Å². The van der Waals surface area contributed by atoms with Gasteiger partial charge in [0.05, 0.1) is 7.11 Å². The summed E-state index contributed by atoms with van der Waals surface area (Å²) >= 11 is 0. The monoisotopic (exact) mass is 393 g/mol. The molecule has 4 rings (SSSR count). The minimum atomic E-state index is -0.550. The maximum Gasteiger partial charge on any atom is 0.264 e. The van der Waals surface area contributed by atoms with E-state index in [0.717, 1.165) is 29.7 Å². The number of hydrogen-bond donors (Lipinski definition) is 0. The number of Topliss-reactive ketones (excluding diaryl/α,β-unsaturated/α-hetero) is 1. The molecule has 5 heteroatoms. The number of nitrogens with zero attached hydrogens (tertiary/aromatic N) is 1. The third-order valence-electron chi connectivity index (χ3n) is 5.72. The summed E-state index contributed by atoms with van der Waals surface area (Å²) < 4.78 is 11.3. The Hall–Kier alpha value is -2.82. The molecule has 2 aromatic rings. The largest absolute Gasteiger partial charge is 0.497 e. The van der Waals surface area contributed by atoms with Crippen LogP contribution in [-0.4, -0.2) is 36.3 Å². The molecule has 152 valence electrons. The highest BCUT2D eigenvalue weighted by Crippen LogP contribution is 2.36.